The summed E-state index contributed by atoms with van der Waals surface area (Å²) in [6.07, 6.45) is 0.483. The number of methoxy groups -OCH3 is 1. The van der Waals surface area contributed by atoms with Gasteiger partial charge in [-0.2, -0.15) is 0 Å². The monoisotopic (exact) mass is 614 g/mol. The average Bonchev–Trinajstić information content (AvgIpc) is 3.02. The van der Waals surface area contributed by atoms with E-state index in [0.29, 0.717) is 22.4 Å². The average molecular weight is 615 g/mol. The molecule has 0 aliphatic carbocycles. The number of sulfonamides is 1. The molecule has 9 heteroatoms. The van der Waals surface area contributed by atoms with Crippen LogP contribution in [0.2, 0.25) is 0 Å². The first kappa shape index (κ1) is 32.4. The van der Waals surface area contributed by atoms with Crippen molar-refractivity contribution in [3.05, 3.63) is 130 Å². The van der Waals surface area contributed by atoms with Gasteiger partial charge < -0.3 is 14.8 Å². The fourth-order valence-electron chi connectivity index (χ4n) is 5.12. The van der Waals surface area contributed by atoms with Crippen LogP contribution < -0.4 is 14.8 Å². The molecule has 0 aromatic heterocycles. The summed E-state index contributed by atoms with van der Waals surface area (Å²) in [5.74, 6) is -0.468. The third-order valence-electron chi connectivity index (χ3n) is 7.45. The van der Waals surface area contributed by atoms with Crippen molar-refractivity contribution in [3.63, 3.8) is 0 Å². The number of carbonyl (C=O) groups is 2. The lowest BCUT2D eigenvalue weighted by molar-refractivity contribution is -0.146. The molecule has 4 rings (SSSR count). The highest BCUT2D eigenvalue weighted by Crippen LogP contribution is 2.30. The maximum absolute atomic E-state index is 13.8. The van der Waals surface area contributed by atoms with Crippen LogP contribution in [0, 0.1) is 20.8 Å². The second-order valence-electron chi connectivity index (χ2n) is 10.7. The van der Waals surface area contributed by atoms with Crippen LogP contribution in [-0.2, 0) is 32.4 Å². The lowest BCUT2D eigenvalue weighted by Crippen LogP contribution is -2.46. The lowest BCUT2D eigenvalue weighted by atomic mass is 10.1. The molecule has 2 unspecified atom stereocenters. The lowest BCUT2D eigenvalue weighted by Gasteiger charge is -2.23. The van der Waals surface area contributed by atoms with Crippen LogP contribution in [0.15, 0.2) is 102 Å². The van der Waals surface area contributed by atoms with Gasteiger partial charge in [-0.3, -0.25) is 4.79 Å². The quantitative estimate of drug-likeness (QED) is 0.203. The van der Waals surface area contributed by atoms with Crippen molar-refractivity contribution < 1.29 is 27.5 Å². The highest BCUT2D eigenvalue weighted by atomic mass is 32.2. The molecule has 4 aromatic rings. The van der Waals surface area contributed by atoms with Crippen LogP contribution in [0.5, 0.6) is 5.75 Å². The maximum Gasteiger partial charge on any atom is 0.329 e. The van der Waals surface area contributed by atoms with Crippen LogP contribution in [0.3, 0.4) is 0 Å². The predicted molar refractivity (Wildman–Crippen MR) is 170 cm³/mol. The number of rotatable bonds is 13. The second kappa shape index (κ2) is 14.8. The zero-order valence-corrected chi connectivity index (χ0v) is 26.2. The molecule has 0 aliphatic heterocycles. The van der Waals surface area contributed by atoms with Gasteiger partial charge in [-0.1, -0.05) is 78.9 Å². The van der Waals surface area contributed by atoms with Gasteiger partial charge >= 0.3 is 5.97 Å². The van der Waals surface area contributed by atoms with Crippen molar-refractivity contribution in [3.8, 4) is 5.75 Å². The molecule has 2 atom stereocenters. The summed E-state index contributed by atoms with van der Waals surface area (Å²) in [5, 5.41) is 2.80. The third-order valence-corrected chi connectivity index (χ3v) is 9.26. The van der Waals surface area contributed by atoms with Crippen molar-refractivity contribution in [1.82, 2.24) is 10.0 Å². The minimum absolute atomic E-state index is 0.164. The van der Waals surface area contributed by atoms with E-state index in [1.54, 1.807) is 57.4 Å². The molecule has 0 bridgehead atoms. The number of carbonyl (C=O) groups excluding carboxylic acids is 2. The minimum Gasteiger partial charge on any atom is -0.496 e. The second-order valence-corrected chi connectivity index (χ2v) is 12.3. The Morgan fingerprint density at radius 2 is 1.32 bits per heavy atom. The number of benzene rings is 4. The van der Waals surface area contributed by atoms with E-state index < -0.39 is 34.0 Å². The Kier molecular flexibility index (Phi) is 10.9. The molecule has 0 radical (unpaired) electrons. The fraction of sp³-hybridized carbons (Fsp3) is 0.257. The topological polar surface area (TPSA) is 111 Å². The highest BCUT2D eigenvalue weighted by molar-refractivity contribution is 7.89. The van der Waals surface area contributed by atoms with E-state index in [9.17, 15) is 18.0 Å². The summed E-state index contributed by atoms with van der Waals surface area (Å²) in [7, 11) is -2.48. The summed E-state index contributed by atoms with van der Waals surface area (Å²) in [6, 6.07) is 27.2. The number of aryl methyl sites for hydroxylation is 1. The Labute approximate surface area is 259 Å². The van der Waals surface area contributed by atoms with E-state index in [0.717, 1.165) is 16.7 Å². The summed E-state index contributed by atoms with van der Waals surface area (Å²) >= 11 is 0. The summed E-state index contributed by atoms with van der Waals surface area (Å²) in [4.78, 5) is 26.7. The molecule has 4 aromatic carbocycles. The maximum atomic E-state index is 13.8. The zero-order valence-electron chi connectivity index (χ0n) is 25.4. The van der Waals surface area contributed by atoms with Gasteiger partial charge in [-0.15, -0.1) is 0 Å². The van der Waals surface area contributed by atoms with Crippen LogP contribution >= 0.6 is 0 Å². The minimum atomic E-state index is -4.03. The van der Waals surface area contributed by atoms with Crippen molar-refractivity contribution in [2.45, 2.75) is 50.6 Å². The Bertz CT molecular complexity index is 1680. The molecule has 2 N–H and O–H groups in total. The first-order chi connectivity index (χ1) is 21.1. The first-order valence-corrected chi connectivity index (χ1v) is 15.8. The Morgan fingerprint density at radius 1 is 0.773 bits per heavy atom. The number of ether oxygens (including phenoxy) is 2. The summed E-state index contributed by atoms with van der Waals surface area (Å²) in [6.45, 7) is 5.04. The largest absolute Gasteiger partial charge is 0.496 e. The van der Waals surface area contributed by atoms with E-state index >= 15 is 0 Å². The normalized spacial score (nSPS) is 12.6. The molecular formula is C35H38N2O6S. The van der Waals surface area contributed by atoms with Gasteiger partial charge in [-0.25, -0.2) is 17.9 Å². The summed E-state index contributed by atoms with van der Waals surface area (Å²) < 4.78 is 41.5. The highest BCUT2D eigenvalue weighted by Gasteiger charge is 2.29. The van der Waals surface area contributed by atoms with Crippen molar-refractivity contribution in [2.75, 3.05) is 13.7 Å². The number of esters is 1. The smallest absolute Gasteiger partial charge is 0.329 e. The first-order valence-electron chi connectivity index (χ1n) is 14.4. The molecule has 0 spiro atoms. The van der Waals surface area contributed by atoms with Gasteiger partial charge in [0.25, 0.3) is 5.91 Å². The number of hydrogen-bond donors (Lipinski definition) is 2. The number of hydrogen-bond acceptors (Lipinski definition) is 6. The van der Waals surface area contributed by atoms with Crippen molar-refractivity contribution in [2.24, 2.45) is 0 Å². The van der Waals surface area contributed by atoms with Gasteiger partial charge in [0.2, 0.25) is 10.0 Å². The van der Waals surface area contributed by atoms with E-state index in [4.69, 9.17) is 9.47 Å². The molecular weight excluding hydrogens is 576 g/mol. The predicted octanol–water partition coefficient (Wildman–Crippen LogP) is 5.09. The number of nitrogens with one attached hydrogen (secondary N) is 2. The Balaban J connectivity index is 1.58. The van der Waals surface area contributed by atoms with E-state index in [-0.39, 0.29) is 24.3 Å². The molecule has 230 valence electrons. The van der Waals surface area contributed by atoms with Crippen LogP contribution in [0.1, 0.15) is 38.2 Å². The molecule has 0 aliphatic rings. The van der Waals surface area contributed by atoms with E-state index in [1.165, 1.54) is 0 Å². The van der Waals surface area contributed by atoms with Gasteiger partial charge in [0.15, 0.2) is 0 Å². The molecule has 0 saturated carbocycles. The van der Waals surface area contributed by atoms with E-state index in [1.807, 2.05) is 67.6 Å². The van der Waals surface area contributed by atoms with Gasteiger partial charge in [0, 0.05) is 12.0 Å². The van der Waals surface area contributed by atoms with Gasteiger partial charge in [0.1, 0.15) is 18.4 Å². The van der Waals surface area contributed by atoms with Gasteiger partial charge in [-0.05, 0) is 73.2 Å². The molecule has 1 amide bonds. The van der Waals surface area contributed by atoms with Crippen molar-refractivity contribution in [1.29, 1.82) is 0 Å². The Hall–Kier alpha value is -4.47. The van der Waals surface area contributed by atoms with Crippen LogP contribution in [0.25, 0.3) is 0 Å². The molecule has 8 nitrogen and oxygen atoms in total. The Morgan fingerprint density at radius 3 is 1.89 bits per heavy atom. The number of amides is 1. The van der Waals surface area contributed by atoms with E-state index in [2.05, 4.69) is 10.0 Å². The molecule has 44 heavy (non-hydrogen) atoms. The molecule has 0 heterocycles. The summed E-state index contributed by atoms with van der Waals surface area (Å²) in [5.41, 5.74) is 3.96. The zero-order chi connectivity index (χ0) is 31.7. The van der Waals surface area contributed by atoms with Crippen molar-refractivity contribution >= 4 is 21.9 Å². The fourth-order valence-corrected chi connectivity index (χ4v) is 6.86. The van der Waals surface area contributed by atoms with Crippen LogP contribution in [-0.4, -0.2) is 46.1 Å². The molecule has 0 fully saturated rings. The molecule has 0 saturated heterocycles. The van der Waals surface area contributed by atoms with Crippen LogP contribution in [0.4, 0.5) is 0 Å². The SMILES string of the molecule is COc1cc(C)c(S(=O)(=O)NC(COC(=O)C(Cc2ccccc2)NC(=O)c2ccccc2)Cc2ccccc2)c(C)c1C. The third kappa shape index (κ3) is 8.33. The standard InChI is InChI=1S/C35H38N2O6S/c1-24-20-32(42-4)25(2)26(3)33(24)44(40,41)37-30(21-27-14-8-5-9-15-27)23-43-35(39)31(22-28-16-10-6-11-17-28)36-34(38)29-18-12-7-13-19-29/h5-20,30-31,37H,21-23H2,1-4H3,(H,36,38). The van der Waals surface area contributed by atoms with Gasteiger partial charge in [0.05, 0.1) is 18.0 Å².